The van der Waals surface area contributed by atoms with Crippen molar-refractivity contribution in [1.29, 1.82) is 0 Å². The molecule has 2 saturated heterocycles. The first-order valence-electron chi connectivity index (χ1n) is 23.6. The average Bonchev–Trinajstić information content (AvgIpc) is 3.67. The van der Waals surface area contributed by atoms with Gasteiger partial charge in [0.1, 0.15) is 29.7 Å². The number of hydrogen-bond acceptors (Lipinski definition) is 11. The molecule has 15 nitrogen and oxygen atoms in total. The molecule has 3 aliphatic rings. The second-order valence-electron chi connectivity index (χ2n) is 17.9. The maximum atomic E-state index is 15.0. The van der Waals surface area contributed by atoms with E-state index in [0.29, 0.717) is 73.6 Å². The van der Waals surface area contributed by atoms with Crippen molar-refractivity contribution in [3.63, 3.8) is 0 Å². The number of fused-ring (bicyclic) bond motifs is 3. The number of phenols is 1. The third-order valence-electron chi connectivity index (χ3n) is 13.7. The van der Waals surface area contributed by atoms with Crippen LogP contribution in [0, 0.1) is 5.82 Å². The number of piperazine rings is 1. The van der Waals surface area contributed by atoms with E-state index in [0.717, 1.165) is 78.0 Å². The van der Waals surface area contributed by atoms with Gasteiger partial charge in [0.15, 0.2) is 0 Å². The van der Waals surface area contributed by atoms with Crippen LogP contribution >= 0.6 is 11.6 Å². The largest absolute Gasteiger partial charge is 0.508 e. The Morgan fingerprint density at radius 1 is 0.971 bits per heavy atom. The van der Waals surface area contributed by atoms with Gasteiger partial charge < -0.3 is 45.0 Å². The predicted molar refractivity (Wildman–Crippen MR) is 261 cm³/mol. The van der Waals surface area contributed by atoms with Gasteiger partial charge in [0.25, 0.3) is 5.91 Å². The molecule has 1 unspecified atom stereocenters. The fourth-order valence-corrected chi connectivity index (χ4v) is 10.3. The number of nitrogens with one attached hydrogen (secondary N) is 2. The second-order valence-corrected chi connectivity index (χ2v) is 18.4. The summed E-state index contributed by atoms with van der Waals surface area (Å²) in [5, 5.41) is 19.6. The number of phenolic OH excluding ortho intramolecular Hbond substituents is 1. The zero-order valence-corrected chi connectivity index (χ0v) is 39.7. The van der Waals surface area contributed by atoms with E-state index in [1.807, 2.05) is 48.2 Å². The van der Waals surface area contributed by atoms with Crippen LogP contribution in [0.5, 0.6) is 5.75 Å². The quantitative estimate of drug-likeness (QED) is 0.0860. The van der Waals surface area contributed by atoms with Crippen molar-refractivity contribution >= 4 is 75.0 Å². The summed E-state index contributed by atoms with van der Waals surface area (Å²) in [6, 6.07) is 17.0. The van der Waals surface area contributed by atoms with Gasteiger partial charge in [0.05, 0.1) is 5.52 Å². The van der Waals surface area contributed by atoms with E-state index >= 15 is 0 Å². The first kappa shape index (κ1) is 48.1. The summed E-state index contributed by atoms with van der Waals surface area (Å²) in [7, 11) is 3.30. The number of carbonyl (C=O) groups excluding carboxylic acids is 5. The van der Waals surface area contributed by atoms with E-state index in [9.17, 15) is 33.5 Å². The molecule has 0 radical (unpaired) electrons. The van der Waals surface area contributed by atoms with Crippen LogP contribution in [0.1, 0.15) is 79.3 Å². The van der Waals surface area contributed by atoms with Gasteiger partial charge in [-0.05, 0) is 115 Å². The third-order valence-corrected chi connectivity index (χ3v) is 14.0. The molecular formula is C51H59ClFN9O6. The standard InChI is InChI=1S/C51H59ClFN9O6/c1-4-46(65)60-20-22-61(23-21-60)48-41-29-43(52)39(38-28-35(64)25-33-9-5-6-10-36(33)38)30-44(41)56-51(57-48)55-15-12-47(66)58(3)16-8-17-59-18-13-32(14-19-59)37-26-34(53)27-40-42(37)31-62(50(40)68)45(11-7-24-63)49(67)54-2/h5-6,9-10,24-30,32,45,64H,4,7-8,11-23,31H2,1-3H3,(H,54,67)(H,55,56,57). The zero-order chi connectivity index (χ0) is 48.1. The first-order chi connectivity index (χ1) is 32.9. The number of aromatic hydroxyl groups is 1. The van der Waals surface area contributed by atoms with Gasteiger partial charge in [-0.3, -0.25) is 19.2 Å². The maximum absolute atomic E-state index is 15.0. The van der Waals surface area contributed by atoms with Crippen LogP contribution in [-0.4, -0.2) is 144 Å². The predicted octanol–water partition coefficient (Wildman–Crippen LogP) is 6.59. The van der Waals surface area contributed by atoms with Crippen LogP contribution in [0.3, 0.4) is 0 Å². The van der Waals surface area contributed by atoms with Gasteiger partial charge in [0.2, 0.25) is 23.7 Å². The Hall–Kier alpha value is -6.39. The van der Waals surface area contributed by atoms with Crippen LogP contribution in [0.4, 0.5) is 16.2 Å². The SMILES string of the molecule is CCC(=O)N1CCN(c2nc(NCCC(=O)N(C)CCCN3CCC(c4cc(F)cc5c4CN(C(CCC=O)C(=O)NC)C5=O)CC3)nc3cc(-c4cc(O)cc5ccccc45)c(Cl)cc23)CC1. The van der Waals surface area contributed by atoms with E-state index in [4.69, 9.17) is 21.6 Å². The highest BCUT2D eigenvalue weighted by Gasteiger charge is 2.39. The molecule has 1 aromatic heterocycles. The molecule has 0 spiro atoms. The van der Waals surface area contributed by atoms with Crippen LogP contribution in [0.25, 0.3) is 32.8 Å². The Morgan fingerprint density at radius 3 is 2.47 bits per heavy atom. The minimum absolute atomic E-state index is 0.0212. The van der Waals surface area contributed by atoms with Gasteiger partial charge in [-0.1, -0.05) is 42.8 Å². The monoisotopic (exact) mass is 947 g/mol. The van der Waals surface area contributed by atoms with Crippen LogP contribution in [-0.2, 0) is 25.7 Å². The lowest BCUT2D eigenvalue weighted by atomic mass is 9.85. The van der Waals surface area contributed by atoms with Crippen LogP contribution in [0.15, 0.2) is 60.7 Å². The highest BCUT2D eigenvalue weighted by Crippen LogP contribution is 2.41. The van der Waals surface area contributed by atoms with Crippen molar-refractivity contribution in [3.05, 3.63) is 88.2 Å². The summed E-state index contributed by atoms with van der Waals surface area (Å²) in [6.07, 6.45) is 4.06. The van der Waals surface area contributed by atoms with Gasteiger partial charge in [-0.2, -0.15) is 4.98 Å². The molecule has 3 aliphatic heterocycles. The Labute approximate surface area is 400 Å². The topological polar surface area (TPSA) is 172 Å². The summed E-state index contributed by atoms with van der Waals surface area (Å²) in [5.74, 6) is 0.0911. The summed E-state index contributed by atoms with van der Waals surface area (Å²) < 4.78 is 15.0. The van der Waals surface area contributed by atoms with Gasteiger partial charge in [-0.15, -0.1) is 0 Å². The van der Waals surface area contributed by atoms with Gasteiger partial charge in [-0.25, -0.2) is 9.37 Å². The molecule has 8 rings (SSSR count). The Bertz CT molecular complexity index is 2720. The summed E-state index contributed by atoms with van der Waals surface area (Å²) in [6.45, 7) is 7.59. The van der Waals surface area contributed by atoms with E-state index in [1.165, 1.54) is 24.1 Å². The summed E-state index contributed by atoms with van der Waals surface area (Å²) in [5.41, 5.74) is 3.98. The summed E-state index contributed by atoms with van der Waals surface area (Å²) in [4.78, 5) is 82.6. The van der Waals surface area contributed by atoms with E-state index in [2.05, 4.69) is 20.4 Å². The number of piperidine rings is 1. The van der Waals surface area contributed by atoms with Crippen molar-refractivity contribution in [1.82, 2.24) is 34.9 Å². The first-order valence-corrected chi connectivity index (χ1v) is 24.0. The summed E-state index contributed by atoms with van der Waals surface area (Å²) >= 11 is 7.03. The zero-order valence-electron chi connectivity index (χ0n) is 38.9. The number of anilines is 2. The van der Waals surface area contributed by atoms with Crippen molar-refractivity contribution in [2.45, 2.75) is 70.4 Å². The highest BCUT2D eigenvalue weighted by atomic mass is 35.5. The molecule has 5 aromatic rings. The van der Waals surface area contributed by atoms with Crippen molar-refractivity contribution in [2.75, 3.05) is 83.2 Å². The number of aldehydes is 1. The lowest BCUT2D eigenvalue weighted by Crippen LogP contribution is -2.49. The molecule has 4 amide bonds. The smallest absolute Gasteiger partial charge is 0.255 e. The molecule has 358 valence electrons. The van der Waals surface area contributed by atoms with Crippen LogP contribution in [0.2, 0.25) is 5.02 Å². The fourth-order valence-electron chi connectivity index (χ4n) is 10.0. The molecule has 0 saturated carbocycles. The Morgan fingerprint density at radius 2 is 1.74 bits per heavy atom. The second kappa shape index (κ2) is 21.3. The Kier molecular flexibility index (Phi) is 15.0. The lowest BCUT2D eigenvalue weighted by molar-refractivity contribution is -0.131. The number of rotatable bonds is 17. The third kappa shape index (κ3) is 10.4. The van der Waals surface area contributed by atoms with Gasteiger partial charge >= 0.3 is 0 Å². The molecule has 4 aromatic carbocycles. The molecule has 17 heteroatoms. The lowest BCUT2D eigenvalue weighted by Gasteiger charge is -2.36. The molecule has 2 fully saturated rings. The fraction of sp³-hybridized carbons (Fsp3) is 0.431. The molecular weight excluding hydrogens is 889 g/mol. The van der Waals surface area contributed by atoms with E-state index < -0.39 is 17.8 Å². The molecule has 68 heavy (non-hydrogen) atoms. The maximum Gasteiger partial charge on any atom is 0.255 e. The van der Waals surface area contributed by atoms with Crippen LogP contribution < -0.4 is 15.5 Å². The average molecular weight is 949 g/mol. The van der Waals surface area contributed by atoms with Crippen molar-refractivity contribution in [3.8, 4) is 16.9 Å². The molecule has 4 heterocycles. The van der Waals surface area contributed by atoms with Gasteiger partial charge in [0, 0.05) is 101 Å². The van der Waals surface area contributed by atoms with Crippen molar-refractivity contribution in [2.24, 2.45) is 0 Å². The number of likely N-dealkylation sites (N-methyl/N-ethyl adjacent to an activating group) is 1. The number of halogens is 2. The van der Waals surface area contributed by atoms with Crippen molar-refractivity contribution < 1.29 is 33.5 Å². The number of nitrogens with zero attached hydrogens (tertiary/aromatic N) is 7. The number of benzene rings is 4. The normalized spacial score (nSPS) is 16.0. The number of amides is 4. The minimum Gasteiger partial charge on any atom is -0.508 e. The number of likely N-dealkylation sites (tertiary alicyclic amines) is 1. The molecule has 3 N–H and O–H groups in total. The Balaban J connectivity index is 0.878. The highest BCUT2D eigenvalue weighted by molar-refractivity contribution is 6.35. The molecule has 0 aliphatic carbocycles. The number of aromatic nitrogens is 2. The van der Waals surface area contributed by atoms with E-state index in [-0.39, 0.29) is 60.8 Å². The number of hydrogen-bond donors (Lipinski definition) is 3. The minimum atomic E-state index is -0.816. The number of carbonyl (C=O) groups is 5. The molecule has 0 bridgehead atoms. The van der Waals surface area contributed by atoms with E-state index in [1.54, 1.807) is 24.1 Å². The molecule has 1 atom stereocenters.